The first-order chi connectivity index (χ1) is 9.61. The van der Waals surface area contributed by atoms with Gasteiger partial charge in [0.15, 0.2) is 0 Å². The first-order valence-corrected chi connectivity index (χ1v) is 6.25. The third-order valence-electron chi connectivity index (χ3n) is 3.47. The molecule has 5 nitrogen and oxygen atoms in total. The highest BCUT2D eigenvalue weighted by atomic mass is 19.3. The van der Waals surface area contributed by atoms with Crippen LogP contribution in [-0.2, 0) is 11.3 Å². The molecule has 7 heteroatoms. The van der Waals surface area contributed by atoms with Crippen LogP contribution >= 0.6 is 0 Å². The van der Waals surface area contributed by atoms with Crippen molar-refractivity contribution in [2.24, 2.45) is 17.0 Å². The summed E-state index contributed by atoms with van der Waals surface area (Å²) in [5, 5.41) is 12.2. The number of aliphatic hydroxyl groups excluding tert-OH is 1. The third kappa shape index (κ3) is 3.07. The molecular weight excluding hydrogens is 268 g/mol. The zero-order valence-electron chi connectivity index (χ0n) is 10.7. The predicted molar refractivity (Wildman–Crippen MR) is 68.0 cm³/mol. The fourth-order valence-electron chi connectivity index (χ4n) is 2.32. The van der Waals surface area contributed by atoms with Gasteiger partial charge < -0.3 is 9.84 Å². The fraction of sp³-hybridized carbons (Fsp3) is 0.538. The first kappa shape index (κ1) is 14.7. The molecule has 3 atom stereocenters. The normalized spacial score (nSPS) is 24.8. The smallest absolute Gasteiger partial charge is 0.257 e. The molecule has 0 bridgehead atoms. The Kier molecular flexibility index (Phi) is 4.54. The van der Waals surface area contributed by atoms with Crippen molar-refractivity contribution in [2.45, 2.75) is 18.6 Å². The first-order valence-electron chi connectivity index (χ1n) is 6.25. The Morgan fingerprint density at radius 3 is 2.70 bits per heavy atom. The second-order valence-electron chi connectivity index (χ2n) is 4.76. The van der Waals surface area contributed by atoms with Crippen LogP contribution in [0.3, 0.4) is 0 Å². The van der Waals surface area contributed by atoms with Crippen LogP contribution in [0.25, 0.3) is 10.4 Å². The van der Waals surface area contributed by atoms with Crippen molar-refractivity contribution < 1.29 is 18.6 Å². The Morgan fingerprint density at radius 2 is 2.10 bits per heavy atom. The molecule has 0 radical (unpaired) electrons. The van der Waals surface area contributed by atoms with Crippen LogP contribution < -0.4 is 0 Å². The molecule has 1 aliphatic rings. The van der Waals surface area contributed by atoms with Gasteiger partial charge >= 0.3 is 0 Å². The van der Waals surface area contributed by atoms with Gasteiger partial charge in [-0.3, -0.25) is 0 Å². The maximum Gasteiger partial charge on any atom is 0.257 e. The summed E-state index contributed by atoms with van der Waals surface area (Å²) < 4.78 is 32.4. The Bertz CT molecular complexity index is 492. The lowest BCUT2D eigenvalue weighted by atomic mass is 10.2. The van der Waals surface area contributed by atoms with E-state index in [1.54, 1.807) is 0 Å². The van der Waals surface area contributed by atoms with Crippen LogP contribution in [0.15, 0.2) is 35.4 Å². The number of alkyl halides is 2. The molecule has 1 aliphatic carbocycles. The van der Waals surface area contributed by atoms with Crippen molar-refractivity contribution >= 4 is 0 Å². The Morgan fingerprint density at radius 1 is 1.40 bits per heavy atom. The molecule has 1 fully saturated rings. The molecule has 108 valence electrons. The Labute approximate surface area is 114 Å². The molecular formula is C13H15F2N3O2. The number of nitrogens with zero attached hydrogens (tertiary/aromatic N) is 3. The van der Waals surface area contributed by atoms with E-state index in [0.29, 0.717) is 0 Å². The highest BCUT2D eigenvalue weighted by Crippen LogP contribution is 2.57. The minimum atomic E-state index is -2.95. The van der Waals surface area contributed by atoms with E-state index in [9.17, 15) is 8.78 Å². The third-order valence-corrected chi connectivity index (χ3v) is 3.47. The van der Waals surface area contributed by atoms with E-state index >= 15 is 0 Å². The monoisotopic (exact) mass is 283 g/mol. The van der Waals surface area contributed by atoms with E-state index in [2.05, 4.69) is 10.0 Å². The van der Waals surface area contributed by atoms with E-state index in [-0.39, 0.29) is 13.2 Å². The molecule has 0 heterocycles. The average molecular weight is 283 g/mol. The van der Waals surface area contributed by atoms with Gasteiger partial charge in [-0.25, -0.2) is 8.78 Å². The second-order valence-corrected chi connectivity index (χ2v) is 4.76. The van der Waals surface area contributed by atoms with Crippen LogP contribution in [0.1, 0.15) is 5.56 Å². The van der Waals surface area contributed by atoms with Gasteiger partial charge in [-0.15, -0.1) is 0 Å². The van der Waals surface area contributed by atoms with Crippen molar-refractivity contribution in [3.05, 3.63) is 46.3 Å². The standard InChI is InChI=1S/C13H15F2N3O2/c14-13(15)10(12(13)11(6-19)17-18-16)8-20-7-9-4-2-1-3-5-9/h1-5,10-12,19H,6-8H2. The zero-order valence-corrected chi connectivity index (χ0v) is 10.7. The van der Waals surface area contributed by atoms with E-state index in [4.69, 9.17) is 15.4 Å². The topological polar surface area (TPSA) is 78.2 Å². The van der Waals surface area contributed by atoms with Crippen LogP contribution in [-0.4, -0.2) is 30.3 Å². The van der Waals surface area contributed by atoms with Gasteiger partial charge in [-0.1, -0.05) is 35.4 Å². The summed E-state index contributed by atoms with van der Waals surface area (Å²) in [5.74, 6) is -5.09. The minimum Gasteiger partial charge on any atom is -0.396 e. The van der Waals surface area contributed by atoms with Gasteiger partial charge in [0, 0.05) is 10.8 Å². The molecule has 20 heavy (non-hydrogen) atoms. The molecule has 1 saturated carbocycles. The molecule has 1 aromatic carbocycles. The van der Waals surface area contributed by atoms with Crippen LogP contribution in [0.4, 0.5) is 8.78 Å². The summed E-state index contributed by atoms with van der Waals surface area (Å²) in [6, 6.07) is 8.14. The van der Waals surface area contributed by atoms with Gasteiger partial charge in [0.2, 0.25) is 0 Å². The number of hydrogen-bond acceptors (Lipinski definition) is 3. The number of rotatable bonds is 7. The molecule has 2 rings (SSSR count). The number of hydrogen-bond donors (Lipinski definition) is 1. The summed E-state index contributed by atoms with van der Waals surface area (Å²) in [6.07, 6.45) is 0. The lowest BCUT2D eigenvalue weighted by molar-refractivity contribution is 0.0441. The van der Waals surface area contributed by atoms with Crippen molar-refractivity contribution in [2.75, 3.05) is 13.2 Å². The van der Waals surface area contributed by atoms with Crippen LogP contribution in [0.5, 0.6) is 0 Å². The Hall–Kier alpha value is -1.69. The quantitative estimate of drug-likeness (QED) is 0.474. The fourth-order valence-corrected chi connectivity index (χ4v) is 2.32. The maximum atomic E-state index is 13.6. The van der Waals surface area contributed by atoms with Gasteiger partial charge in [-0.05, 0) is 11.1 Å². The number of halogens is 2. The van der Waals surface area contributed by atoms with Gasteiger partial charge in [0.25, 0.3) is 5.92 Å². The molecule has 1 aromatic rings. The molecule has 0 spiro atoms. The number of ether oxygens (including phenoxy) is 1. The lowest BCUT2D eigenvalue weighted by Crippen LogP contribution is -2.16. The van der Waals surface area contributed by atoms with Gasteiger partial charge in [-0.2, -0.15) is 0 Å². The van der Waals surface area contributed by atoms with E-state index in [0.717, 1.165) is 5.56 Å². The van der Waals surface area contributed by atoms with E-state index < -0.39 is 30.4 Å². The van der Waals surface area contributed by atoms with Crippen LogP contribution in [0.2, 0.25) is 0 Å². The van der Waals surface area contributed by atoms with Crippen molar-refractivity contribution in [1.29, 1.82) is 0 Å². The van der Waals surface area contributed by atoms with Crippen molar-refractivity contribution in [3.63, 3.8) is 0 Å². The molecule has 0 amide bonds. The molecule has 1 N–H and O–H groups in total. The SMILES string of the molecule is [N-]=[N+]=NC(CO)C1C(COCc2ccccc2)C1(F)F. The van der Waals surface area contributed by atoms with E-state index in [1.807, 2.05) is 30.3 Å². The second kappa shape index (κ2) is 6.17. The summed E-state index contributed by atoms with van der Waals surface area (Å²) >= 11 is 0. The van der Waals surface area contributed by atoms with Gasteiger partial charge in [0.05, 0.1) is 31.8 Å². The minimum absolute atomic E-state index is 0.121. The summed E-state index contributed by atoms with van der Waals surface area (Å²) in [4.78, 5) is 2.49. The Balaban J connectivity index is 1.86. The highest BCUT2D eigenvalue weighted by Gasteiger charge is 2.70. The molecule has 0 saturated heterocycles. The highest BCUT2D eigenvalue weighted by molar-refractivity contribution is 5.14. The van der Waals surface area contributed by atoms with E-state index in [1.165, 1.54) is 0 Å². The number of aliphatic hydroxyl groups is 1. The van der Waals surface area contributed by atoms with Crippen LogP contribution in [0, 0.1) is 11.8 Å². The maximum absolute atomic E-state index is 13.6. The molecule has 3 unspecified atom stereocenters. The molecule has 0 aromatic heterocycles. The summed E-state index contributed by atoms with van der Waals surface area (Å²) in [5.41, 5.74) is 9.20. The largest absolute Gasteiger partial charge is 0.396 e. The molecule has 0 aliphatic heterocycles. The van der Waals surface area contributed by atoms with Gasteiger partial charge in [0.1, 0.15) is 0 Å². The lowest BCUT2D eigenvalue weighted by Gasteiger charge is -2.05. The zero-order chi connectivity index (χ0) is 14.6. The average Bonchev–Trinajstić information content (AvgIpc) is 2.99. The van der Waals surface area contributed by atoms with Crippen molar-refractivity contribution in [1.82, 2.24) is 0 Å². The number of azide groups is 1. The van der Waals surface area contributed by atoms with Crippen molar-refractivity contribution in [3.8, 4) is 0 Å². The summed E-state index contributed by atoms with van der Waals surface area (Å²) in [7, 11) is 0. The predicted octanol–water partition coefficient (Wildman–Crippen LogP) is 2.76. The summed E-state index contributed by atoms with van der Waals surface area (Å²) in [6.45, 7) is -0.449. The number of benzene rings is 1.